The molecule has 0 aliphatic carbocycles. The summed E-state index contributed by atoms with van der Waals surface area (Å²) in [5, 5.41) is 10.7. The van der Waals surface area contributed by atoms with Crippen molar-refractivity contribution in [1.29, 1.82) is 0 Å². The van der Waals surface area contributed by atoms with E-state index in [0.29, 0.717) is 23.1 Å². The van der Waals surface area contributed by atoms with E-state index >= 15 is 0 Å². The number of rotatable bonds is 6. The summed E-state index contributed by atoms with van der Waals surface area (Å²) in [6, 6.07) is 15.4. The molecule has 0 saturated heterocycles. The Morgan fingerprint density at radius 3 is 2.54 bits per heavy atom. The van der Waals surface area contributed by atoms with Gasteiger partial charge in [0.15, 0.2) is 11.5 Å². The quantitative estimate of drug-likeness (QED) is 0.357. The molecule has 7 heteroatoms. The molecule has 35 heavy (non-hydrogen) atoms. The van der Waals surface area contributed by atoms with E-state index in [1.807, 2.05) is 32.9 Å². The first-order valence-electron chi connectivity index (χ1n) is 11.4. The molecule has 4 rings (SSSR count). The van der Waals surface area contributed by atoms with E-state index in [9.17, 15) is 14.7 Å². The molecule has 0 amide bonds. The highest BCUT2D eigenvalue weighted by Gasteiger charge is 2.30. The van der Waals surface area contributed by atoms with E-state index < -0.39 is 18.0 Å². The van der Waals surface area contributed by atoms with E-state index in [1.54, 1.807) is 42.5 Å². The average molecular weight is 477 g/mol. The number of esters is 2. The molecule has 7 nitrogen and oxygen atoms in total. The van der Waals surface area contributed by atoms with Gasteiger partial charge in [-0.25, -0.2) is 9.59 Å². The predicted molar refractivity (Wildman–Crippen MR) is 129 cm³/mol. The molecular formula is C28H28O7. The van der Waals surface area contributed by atoms with E-state index in [0.717, 1.165) is 5.56 Å². The zero-order valence-corrected chi connectivity index (χ0v) is 20.2. The maximum Gasteiger partial charge on any atom is 0.346 e. The maximum absolute atomic E-state index is 13.0. The van der Waals surface area contributed by atoms with Crippen molar-refractivity contribution in [3.8, 4) is 23.0 Å². The standard InChI is InChI=1S/C28H28O7/c1-16(2)12-21(29)20-10-11-22-24(26(20)32-4)28(31)33-15-19-13-17(3)14-23(25(19)34-22)35-27(30)18-8-6-5-7-9-18/h5-11,13-14,16,21,29H,12,15H2,1-4H3/t21-/m0/s1. The lowest BCUT2D eigenvalue weighted by atomic mass is 9.96. The van der Waals surface area contributed by atoms with Gasteiger partial charge in [-0.1, -0.05) is 32.0 Å². The van der Waals surface area contributed by atoms with Gasteiger partial charge in [0, 0.05) is 11.1 Å². The lowest BCUT2D eigenvalue weighted by molar-refractivity contribution is 0.0451. The van der Waals surface area contributed by atoms with Crippen LogP contribution in [0.25, 0.3) is 0 Å². The molecule has 0 spiro atoms. The number of aliphatic hydroxyl groups excluding tert-OH is 1. The Bertz CT molecular complexity index is 1250. The minimum atomic E-state index is -0.828. The van der Waals surface area contributed by atoms with Crippen molar-refractivity contribution in [2.24, 2.45) is 5.92 Å². The molecule has 1 N–H and O–H groups in total. The third-order valence-electron chi connectivity index (χ3n) is 5.67. The van der Waals surface area contributed by atoms with Crippen molar-refractivity contribution in [3.63, 3.8) is 0 Å². The lowest BCUT2D eigenvalue weighted by Gasteiger charge is -2.24. The highest BCUT2D eigenvalue weighted by molar-refractivity contribution is 5.97. The van der Waals surface area contributed by atoms with E-state index in [2.05, 4.69) is 0 Å². The van der Waals surface area contributed by atoms with Gasteiger partial charge in [0.25, 0.3) is 0 Å². The van der Waals surface area contributed by atoms with Gasteiger partial charge in [0.05, 0.1) is 18.8 Å². The Hall–Kier alpha value is -3.84. The number of aryl methyl sites for hydroxylation is 1. The zero-order chi connectivity index (χ0) is 25.1. The van der Waals surface area contributed by atoms with E-state index in [1.165, 1.54) is 7.11 Å². The number of carbonyl (C=O) groups is 2. The summed E-state index contributed by atoms with van der Waals surface area (Å²) >= 11 is 0. The number of carbonyl (C=O) groups excluding carboxylic acids is 2. The fourth-order valence-corrected chi connectivity index (χ4v) is 4.08. The molecule has 0 bridgehead atoms. The molecule has 1 atom stereocenters. The van der Waals surface area contributed by atoms with Gasteiger partial charge in [0.2, 0.25) is 0 Å². The summed E-state index contributed by atoms with van der Waals surface area (Å²) in [6.45, 7) is 5.75. The van der Waals surface area contributed by atoms with Crippen LogP contribution in [0.2, 0.25) is 0 Å². The molecule has 0 aromatic heterocycles. The number of fused-ring (bicyclic) bond motifs is 2. The van der Waals surface area contributed by atoms with Crippen LogP contribution >= 0.6 is 0 Å². The normalized spacial score (nSPS) is 13.5. The summed E-state index contributed by atoms with van der Waals surface area (Å²) < 4.78 is 23.0. The van der Waals surface area contributed by atoms with Crippen LogP contribution in [0.3, 0.4) is 0 Å². The Morgan fingerprint density at radius 1 is 1.11 bits per heavy atom. The van der Waals surface area contributed by atoms with Crippen LogP contribution in [-0.2, 0) is 11.3 Å². The Balaban J connectivity index is 1.78. The minimum absolute atomic E-state index is 0.0689. The van der Waals surface area contributed by atoms with Crippen molar-refractivity contribution >= 4 is 11.9 Å². The summed E-state index contributed by atoms with van der Waals surface area (Å²) in [4.78, 5) is 25.8. The van der Waals surface area contributed by atoms with Crippen LogP contribution in [0.4, 0.5) is 0 Å². The molecule has 0 saturated carbocycles. The van der Waals surface area contributed by atoms with Gasteiger partial charge in [-0.05, 0) is 61.2 Å². The first-order valence-corrected chi connectivity index (χ1v) is 11.4. The van der Waals surface area contributed by atoms with Crippen LogP contribution in [0.1, 0.15) is 63.8 Å². The van der Waals surface area contributed by atoms with Gasteiger partial charge < -0.3 is 24.1 Å². The Labute approximate surface area is 204 Å². The fraction of sp³-hybridized carbons (Fsp3) is 0.286. The summed E-state index contributed by atoms with van der Waals surface area (Å²) in [7, 11) is 1.43. The van der Waals surface area contributed by atoms with Crippen molar-refractivity contribution in [2.75, 3.05) is 7.11 Å². The number of benzene rings is 3. The van der Waals surface area contributed by atoms with Gasteiger partial charge in [0.1, 0.15) is 23.7 Å². The van der Waals surface area contributed by atoms with E-state index in [-0.39, 0.29) is 41.1 Å². The van der Waals surface area contributed by atoms with Gasteiger partial charge in [-0.2, -0.15) is 0 Å². The van der Waals surface area contributed by atoms with Crippen LogP contribution in [0.5, 0.6) is 23.0 Å². The number of cyclic esters (lactones) is 1. The number of methoxy groups -OCH3 is 1. The molecule has 182 valence electrons. The van der Waals surface area contributed by atoms with Crippen LogP contribution in [0.15, 0.2) is 54.6 Å². The number of hydrogen-bond acceptors (Lipinski definition) is 7. The minimum Gasteiger partial charge on any atom is -0.495 e. The monoisotopic (exact) mass is 476 g/mol. The third kappa shape index (κ3) is 5.15. The molecular weight excluding hydrogens is 448 g/mol. The zero-order valence-electron chi connectivity index (χ0n) is 20.2. The topological polar surface area (TPSA) is 91.3 Å². The van der Waals surface area contributed by atoms with Crippen LogP contribution < -0.4 is 14.2 Å². The average Bonchev–Trinajstić information content (AvgIpc) is 2.82. The molecule has 1 heterocycles. The Morgan fingerprint density at radius 2 is 1.86 bits per heavy atom. The van der Waals surface area contributed by atoms with E-state index in [4.69, 9.17) is 18.9 Å². The first kappa shape index (κ1) is 24.3. The van der Waals surface area contributed by atoms with Gasteiger partial charge >= 0.3 is 11.9 Å². The van der Waals surface area contributed by atoms with Gasteiger partial charge in [-0.15, -0.1) is 0 Å². The molecule has 3 aromatic carbocycles. The van der Waals surface area contributed by atoms with Crippen LogP contribution in [-0.4, -0.2) is 24.2 Å². The summed E-state index contributed by atoms with van der Waals surface area (Å²) in [5.74, 6) is -0.0895. The lowest BCUT2D eigenvalue weighted by Crippen LogP contribution is -2.16. The molecule has 0 unspecified atom stereocenters. The number of aliphatic hydroxyl groups is 1. The highest BCUT2D eigenvalue weighted by Crippen LogP contribution is 2.44. The molecule has 1 aliphatic rings. The fourth-order valence-electron chi connectivity index (χ4n) is 4.08. The number of hydrogen-bond donors (Lipinski definition) is 1. The van der Waals surface area contributed by atoms with Gasteiger partial charge in [-0.3, -0.25) is 0 Å². The summed E-state index contributed by atoms with van der Waals surface area (Å²) in [5.41, 5.74) is 2.30. The van der Waals surface area contributed by atoms with Crippen molar-refractivity contribution in [1.82, 2.24) is 0 Å². The highest BCUT2D eigenvalue weighted by atomic mass is 16.6. The molecule has 0 radical (unpaired) electrons. The third-order valence-corrected chi connectivity index (χ3v) is 5.67. The SMILES string of the molecule is COc1c([C@@H](O)CC(C)C)ccc2c1C(=O)OCc1cc(C)cc(OC(=O)c3ccccc3)c1O2. The Kier molecular flexibility index (Phi) is 7.07. The van der Waals surface area contributed by atoms with Crippen molar-refractivity contribution in [3.05, 3.63) is 82.4 Å². The summed E-state index contributed by atoms with van der Waals surface area (Å²) in [6.07, 6.45) is -0.335. The van der Waals surface area contributed by atoms with Crippen LogP contribution in [0, 0.1) is 12.8 Å². The van der Waals surface area contributed by atoms with Crippen molar-refractivity contribution < 1.29 is 33.6 Å². The second-order valence-electron chi connectivity index (χ2n) is 8.89. The largest absolute Gasteiger partial charge is 0.495 e. The molecule has 3 aromatic rings. The predicted octanol–water partition coefficient (Wildman–Crippen LogP) is 5.77. The second kappa shape index (κ2) is 10.2. The maximum atomic E-state index is 13.0. The smallest absolute Gasteiger partial charge is 0.346 e. The van der Waals surface area contributed by atoms with Crippen molar-refractivity contribution in [2.45, 2.75) is 39.9 Å². The second-order valence-corrected chi connectivity index (χ2v) is 8.89. The first-order chi connectivity index (χ1) is 16.8. The number of ether oxygens (including phenoxy) is 4. The molecule has 1 aliphatic heterocycles. The molecule has 0 fully saturated rings.